The molecule has 2 N–H and O–H groups in total. The SMILES string of the molecule is C[C@@H](C=O)[C@H]1NC(=O)[C@H]1CCO. The van der Waals surface area contributed by atoms with Crippen LogP contribution in [0.4, 0.5) is 0 Å². The zero-order chi connectivity index (χ0) is 9.14. The molecule has 1 rings (SSSR count). The van der Waals surface area contributed by atoms with Crippen molar-refractivity contribution < 1.29 is 14.7 Å². The highest BCUT2D eigenvalue weighted by Crippen LogP contribution is 2.23. The summed E-state index contributed by atoms with van der Waals surface area (Å²) in [6.07, 6.45) is 1.28. The number of aldehydes is 1. The fourth-order valence-electron chi connectivity index (χ4n) is 1.47. The fraction of sp³-hybridized carbons (Fsp3) is 0.750. The van der Waals surface area contributed by atoms with E-state index in [1.807, 2.05) is 0 Å². The standard InChI is InChI=1S/C8H13NO3/c1-5(4-11)7-6(2-3-10)8(12)9-7/h4-7,10H,2-3H2,1H3,(H,9,12)/t5-,6-,7+/m0/s1. The Morgan fingerprint density at radius 3 is 2.83 bits per heavy atom. The van der Waals surface area contributed by atoms with Gasteiger partial charge < -0.3 is 15.2 Å². The van der Waals surface area contributed by atoms with Gasteiger partial charge in [-0.3, -0.25) is 4.79 Å². The van der Waals surface area contributed by atoms with E-state index in [2.05, 4.69) is 5.32 Å². The third-order valence-electron chi connectivity index (χ3n) is 2.30. The largest absolute Gasteiger partial charge is 0.396 e. The molecule has 1 aliphatic rings. The minimum absolute atomic E-state index is 0.000163. The van der Waals surface area contributed by atoms with Gasteiger partial charge in [-0.2, -0.15) is 0 Å². The average molecular weight is 171 g/mol. The van der Waals surface area contributed by atoms with Crippen LogP contribution < -0.4 is 5.32 Å². The first-order valence-corrected chi connectivity index (χ1v) is 4.07. The quantitative estimate of drug-likeness (QED) is 0.435. The van der Waals surface area contributed by atoms with E-state index in [1.54, 1.807) is 6.92 Å². The summed E-state index contributed by atoms with van der Waals surface area (Å²) in [5, 5.41) is 11.3. The molecule has 0 aromatic carbocycles. The maximum absolute atomic E-state index is 10.9. The Morgan fingerprint density at radius 1 is 1.75 bits per heavy atom. The number of carbonyl (C=O) groups is 2. The fourth-order valence-corrected chi connectivity index (χ4v) is 1.47. The maximum atomic E-state index is 10.9. The molecule has 0 bridgehead atoms. The molecule has 12 heavy (non-hydrogen) atoms. The minimum atomic E-state index is -0.171. The lowest BCUT2D eigenvalue weighted by Gasteiger charge is -2.38. The van der Waals surface area contributed by atoms with Crippen molar-refractivity contribution in [1.29, 1.82) is 0 Å². The van der Waals surface area contributed by atoms with Crippen molar-refractivity contribution in [2.24, 2.45) is 11.8 Å². The molecule has 1 saturated heterocycles. The van der Waals surface area contributed by atoms with Gasteiger partial charge in [0.05, 0.1) is 5.92 Å². The van der Waals surface area contributed by atoms with Gasteiger partial charge in [-0.25, -0.2) is 0 Å². The average Bonchev–Trinajstić information content (AvgIpc) is 2.09. The summed E-state index contributed by atoms with van der Waals surface area (Å²) in [6, 6.07) is -0.0675. The first-order valence-electron chi connectivity index (χ1n) is 4.07. The Balaban J connectivity index is 2.47. The predicted molar refractivity (Wildman–Crippen MR) is 42.4 cm³/mol. The third kappa shape index (κ3) is 1.48. The Kier molecular flexibility index (Phi) is 2.81. The van der Waals surface area contributed by atoms with Crippen molar-refractivity contribution in [3.05, 3.63) is 0 Å². The molecule has 0 saturated carbocycles. The number of nitrogens with one attached hydrogen (secondary N) is 1. The minimum Gasteiger partial charge on any atom is -0.396 e. The summed E-state index contributed by atoms with van der Waals surface area (Å²) < 4.78 is 0. The summed E-state index contributed by atoms with van der Waals surface area (Å²) >= 11 is 0. The molecule has 1 heterocycles. The van der Waals surface area contributed by atoms with Gasteiger partial charge in [0.2, 0.25) is 5.91 Å². The molecule has 0 aromatic rings. The first kappa shape index (κ1) is 9.19. The van der Waals surface area contributed by atoms with Crippen molar-refractivity contribution in [2.45, 2.75) is 19.4 Å². The predicted octanol–water partition coefficient (Wildman–Crippen LogP) is -0.682. The second-order valence-corrected chi connectivity index (χ2v) is 3.15. The highest BCUT2D eigenvalue weighted by Gasteiger charge is 2.41. The van der Waals surface area contributed by atoms with Crippen LogP contribution in [0.5, 0.6) is 0 Å². The van der Waals surface area contributed by atoms with Crippen molar-refractivity contribution in [3.8, 4) is 0 Å². The van der Waals surface area contributed by atoms with E-state index < -0.39 is 0 Å². The van der Waals surface area contributed by atoms with E-state index >= 15 is 0 Å². The van der Waals surface area contributed by atoms with Crippen LogP contribution in [-0.2, 0) is 9.59 Å². The van der Waals surface area contributed by atoms with Gasteiger partial charge in [-0.15, -0.1) is 0 Å². The number of amides is 1. The monoisotopic (exact) mass is 171 g/mol. The van der Waals surface area contributed by atoms with Gasteiger partial charge in [0.25, 0.3) is 0 Å². The molecular weight excluding hydrogens is 158 g/mol. The third-order valence-corrected chi connectivity index (χ3v) is 2.30. The van der Waals surface area contributed by atoms with Crippen LogP contribution in [0.15, 0.2) is 0 Å². The molecule has 4 heteroatoms. The topological polar surface area (TPSA) is 66.4 Å². The van der Waals surface area contributed by atoms with Crippen LogP contribution in [-0.4, -0.2) is 29.9 Å². The second kappa shape index (κ2) is 3.67. The van der Waals surface area contributed by atoms with E-state index in [0.717, 1.165) is 6.29 Å². The van der Waals surface area contributed by atoms with Gasteiger partial charge >= 0.3 is 0 Å². The lowest BCUT2D eigenvalue weighted by Crippen LogP contribution is -2.61. The highest BCUT2D eigenvalue weighted by molar-refractivity contribution is 5.87. The Morgan fingerprint density at radius 2 is 2.42 bits per heavy atom. The molecular formula is C8H13NO3. The van der Waals surface area contributed by atoms with Gasteiger partial charge in [0.1, 0.15) is 6.29 Å². The Hall–Kier alpha value is -0.900. The zero-order valence-electron chi connectivity index (χ0n) is 6.99. The van der Waals surface area contributed by atoms with Crippen molar-refractivity contribution in [2.75, 3.05) is 6.61 Å². The van der Waals surface area contributed by atoms with Crippen LogP contribution >= 0.6 is 0 Å². The van der Waals surface area contributed by atoms with Crippen molar-refractivity contribution >= 4 is 12.2 Å². The number of aliphatic hydroxyl groups excluding tert-OH is 1. The Labute approximate surface area is 71.0 Å². The van der Waals surface area contributed by atoms with E-state index in [1.165, 1.54) is 0 Å². The molecule has 0 aliphatic carbocycles. The zero-order valence-corrected chi connectivity index (χ0v) is 6.99. The number of β-lactam (4-membered cyclic amide) rings is 1. The molecule has 68 valence electrons. The summed E-state index contributed by atoms with van der Waals surface area (Å²) in [5.41, 5.74) is 0. The van der Waals surface area contributed by atoms with Crippen LogP contribution in [0, 0.1) is 11.8 Å². The van der Waals surface area contributed by atoms with Crippen molar-refractivity contribution in [3.63, 3.8) is 0 Å². The van der Waals surface area contributed by atoms with Crippen LogP contribution in [0.1, 0.15) is 13.3 Å². The molecule has 4 nitrogen and oxygen atoms in total. The molecule has 3 atom stereocenters. The normalized spacial score (nSPS) is 30.3. The van der Waals surface area contributed by atoms with Crippen molar-refractivity contribution in [1.82, 2.24) is 5.32 Å². The first-order chi connectivity index (χ1) is 5.70. The highest BCUT2D eigenvalue weighted by atomic mass is 16.3. The number of rotatable bonds is 4. The van der Waals surface area contributed by atoms with Crippen LogP contribution in [0.2, 0.25) is 0 Å². The maximum Gasteiger partial charge on any atom is 0.225 e. The molecule has 0 radical (unpaired) electrons. The summed E-state index contributed by atoms with van der Waals surface area (Å²) in [5.74, 6) is -0.378. The van der Waals surface area contributed by atoms with E-state index in [-0.39, 0.29) is 30.4 Å². The van der Waals surface area contributed by atoms with Crippen LogP contribution in [0.3, 0.4) is 0 Å². The van der Waals surface area contributed by atoms with Gasteiger partial charge in [0, 0.05) is 18.6 Å². The van der Waals surface area contributed by atoms with E-state index in [4.69, 9.17) is 5.11 Å². The lowest BCUT2D eigenvalue weighted by atomic mass is 9.81. The van der Waals surface area contributed by atoms with E-state index in [0.29, 0.717) is 6.42 Å². The summed E-state index contributed by atoms with van der Waals surface area (Å²) in [4.78, 5) is 21.3. The molecule has 1 amide bonds. The smallest absolute Gasteiger partial charge is 0.225 e. The van der Waals surface area contributed by atoms with Gasteiger partial charge in [-0.05, 0) is 6.42 Å². The number of aliphatic hydroxyl groups is 1. The molecule has 1 aliphatic heterocycles. The molecule has 0 unspecified atom stereocenters. The second-order valence-electron chi connectivity index (χ2n) is 3.15. The summed E-state index contributed by atoms with van der Waals surface area (Å²) in [7, 11) is 0. The Bertz CT molecular complexity index is 193. The van der Waals surface area contributed by atoms with E-state index in [9.17, 15) is 9.59 Å². The molecule has 1 fully saturated rings. The van der Waals surface area contributed by atoms with Gasteiger partial charge in [0.15, 0.2) is 0 Å². The van der Waals surface area contributed by atoms with Crippen LogP contribution in [0.25, 0.3) is 0 Å². The molecule has 0 aromatic heterocycles. The lowest BCUT2D eigenvalue weighted by molar-refractivity contribution is -0.138. The molecule has 0 spiro atoms. The summed E-state index contributed by atoms with van der Waals surface area (Å²) in [6.45, 7) is 1.77. The van der Waals surface area contributed by atoms with Gasteiger partial charge in [-0.1, -0.05) is 6.92 Å². The number of hydrogen-bond donors (Lipinski definition) is 2. The number of hydrogen-bond acceptors (Lipinski definition) is 3. The number of carbonyl (C=O) groups excluding carboxylic acids is 2.